The molecule has 0 radical (unpaired) electrons. The Hall–Kier alpha value is -0.500. The third-order valence-corrected chi connectivity index (χ3v) is 4.02. The summed E-state index contributed by atoms with van der Waals surface area (Å²) in [5.41, 5.74) is 3.44. The summed E-state index contributed by atoms with van der Waals surface area (Å²) in [7, 11) is 0. The summed E-state index contributed by atoms with van der Waals surface area (Å²) in [6.45, 7) is 2.08. The van der Waals surface area contributed by atoms with Gasteiger partial charge in [-0.1, -0.05) is 57.4 Å². The lowest BCUT2D eigenvalue weighted by Gasteiger charge is -2.12. The van der Waals surface area contributed by atoms with Gasteiger partial charge in [0.2, 0.25) is 0 Å². The molecule has 0 aliphatic heterocycles. The molecule has 0 bridgehead atoms. The first-order valence-electron chi connectivity index (χ1n) is 5.71. The van der Waals surface area contributed by atoms with Gasteiger partial charge in [-0.2, -0.15) is 0 Å². The molecular weight excluding hydrogens is 331 g/mol. The third kappa shape index (κ3) is 3.50. The quantitative estimate of drug-likeness (QED) is 0.605. The molecule has 2 aromatic carbocycles. The summed E-state index contributed by atoms with van der Waals surface area (Å²) >= 11 is 16.1. The molecular formula is C15H13BrCl2. The van der Waals surface area contributed by atoms with Crippen LogP contribution < -0.4 is 0 Å². The maximum Gasteiger partial charge on any atom is 0.0640 e. The van der Waals surface area contributed by atoms with Crippen LogP contribution in [-0.4, -0.2) is 0 Å². The summed E-state index contributed by atoms with van der Waals surface area (Å²) in [4.78, 5) is 0. The fourth-order valence-electron chi connectivity index (χ4n) is 1.91. The van der Waals surface area contributed by atoms with Crippen molar-refractivity contribution in [2.75, 3.05) is 0 Å². The van der Waals surface area contributed by atoms with E-state index >= 15 is 0 Å². The van der Waals surface area contributed by atoms with Gasteiger partial charge in [0.1, 0.15) is 0 Å². The van der Waals surface area contributed by atoms with Crippen LogP contribution in [0.3, 0.4) is 0 Å². The molecule has 0 aliphatic carbocycles. The Morgan fingerprint density at radius 3 is 2.67 bits per heavy atom. The average molecular weight is 344 g/mol. The van der Waals surface area contributed by atoms with Gasteiger partial charge in [-0.25, -0.2) is 0 Å². The van der Waals surface area contributed by atoms with Gasteiger partial charge in [0, 0.05) is 9.50 Å². The van der Waals surface area contributed by atoms with Gasteiger partial charge in [0.15, 0.2) is 0 Å². The fourth-order valence-corrected chi connectivity index (χ4v) is 2.95. The van der Waals surface area contributed by atoms with Crippen LogP contribution in [0.4, 0.5) is 0 Å². The number of benzene rings is 2. The van der Waals surface area contributed by atoms with Gasteiger partial charge in [0.25, 0.3) is 0 Å². The second kappa shape index (κ2) is 6.10. The highest BCUT2D eigenvalue weighted by Gasteiger charge is 2.13. The van der Waals surface area contributed by atoms with Crippen LogP contribution in [0.25, 0.3) is 0 Å². The molecule has 0 saturated heterocycles. The summed E-state index contributed by atoms with van der Waals surface area (Å²) in [6.07, 6.45) is 0.777. The summed E-state index contributed by atoms with van der Waals surface area (Å²) < 4.78 is 0.997. The minimum Gasteiger partial charge on any atom is -0.117 e. The predicted molar refractivity (Wildman–Crippen MR) is 82.6 cm³/mol. The van der Waals surface area contributed by atoms with Gasteiger partial charge in [-0.05, 0) is 42.7 Å². The van der Waals surface area contributed by atoms with Gasteiger partial charge < -0.3 is 0 Å². The smallest absolute Gasteiger partial charge is 0.0640 e. The number of hydrogen-bond donors (Lipinski definition) is 0. The summed E-state index contributed by atoms with van der Waals surface area (Å²) in [5, 5.41) is 0.600. The second-order valence-corrected chi connectivity index (χ2v) is 6.18. The van der Waals surface area contributed by atoms with Gasteiger partial charge in [-0.3, -0.25) is 0 Å². The van der Waals surface area contributed by atoms with Crippen molar-refractivity contribution in [3.63, 3.8) is 0 Å². The van der Waals surface area contributed by atoms with Crippen molar-refractivity contribution in [2.45, 2.75) is 18.7 Å². The van der Waals surface area contributed by atoms with Crippen molar-refractivity contribution in [3.8, 4) is 0 Å². The van der Waals surface area contributed by atoms with Crippen molar-refractivity contribution in [1.29, 1.82) is 0 Å². The zero-order chi connectivity index (χ0) is 13.1. The van der Waals surface area contributed by atoms with E-state index in [4.69, 9.17) is 23.2 Å². The highest BCUT2D eigenvalue weighted by molar-refractivity contribution is 9.10. The van der Waals surface area contributed by atoms with E-state index in [1.807, 2.05) is 18.2 Å². The van der Waals surface area contributed by atoms with E-state index in [9.17, 15) is 0 Å². The number of aryl methyl sites for hydroxylation is 1. The average Bonchev–Trinajstić information content (AvgIpc) is 2.32. The molecule has 2 rings (SSSR count). The lowest BCUT2D eigenvalue weighted by Crippen LogP contribution is -1.97. The van der Waals surface area contributed by atoms with E-state index in [1.54, 1.807) is 0 Å². The lowest BCUT2D eigenvalue weighted by molar-refractivity contribution is 0.917. The van der Waals surface area contributed by atoms with E-state index in [0.717, 1.165) is 16.5 Å². The first-order valence-corrected chi connectivity index (χ1v) is 7.31. The molecule has 1 unspecified atom stereocenters. The van der Waals surface area contributed by atoms with E-state index in [1.165, 1.54) is 11.1 Å². The van der Waals surface area contributed by atoms with Crippen LogP contribution in [0, 0.1) is 6.92 Å². The van der Waals surface area contributed by atoms with E-state index in [2.05, 4.69) is 47.1 Å². The molecule has 0 fully saturated rings. The molecule has 2 aromatic rings. The Balaban J connectivity index is 2.21. The number of rotatable bonds is 3. The number of alkyl halides is 1. The van der Waals surface area contributed by atoms with Crippen molar-refractivity contribution in [2.24, 2.45) is 0 Å². The minimum atomic E-state index is -0.114. The van der Waals surface area contributed by atoms with Gasteiger partial charge >= 0.3 is 0 Å². The molecule has 0 saturated carbocycles. The molecule has 0 heterocycles. The van der Waals surface area contributed by atoms with Crippen molar-refractivity contribution in [1.82, 2.24) is 0 Å². The molecule has 18 heavy (non-hydrogen) atoms. The zero-order valence-electron chi connectivity index (χ0n) is 9.96. The highest BCUT2D eigenvalue weighted by Crippen LogP contribution is 2.32. The largest absolute Gasteiger partial charge is 0.117 e. The number of hydrogen-bond acceptors (Lipinski definition) is 0. The SMILES string of the molecule is Cc1cccc(CC(Cl)c2cc(Br)ccc2Cl)c1. The molecule has 1 atom stereocenters. The number of halogens is 3. The summed E-state index contributed by atoms with van der Waals surface area (Å²) in [5.74, 6) is 0. The molecule has 3 heteroatoms. The van der Waals surface area contributed by atoms with Crippen LogP contribution in [0.5, 0.6) is 0 Å². The molecule has 0 N–H and O–H groups in total. The topological polar surface area (TPSA) is 0 Å². The minimum absolute atomic E-state index is 0.114. The highest BCUT2D eigenvalue weighted by atomic mass is 79.9. The van der Waals surface area contributed by atoms with Crippen molar-refractivity contribution >= 4 is 39.1 Å². The summed E-state index contributed by atoms with van der Waals surface area (Å²) in [6, 6.07) is 14.1. The Morgan fingerprint density at radius 1 is 1.17 bits per heavy atom. The van der Waals surface area contributed by atoms with Crippen LogP contribution in [0.1, 0.15) is 22.1 Å². The molecule has 94 valence electrons. The maximum absolute atomic E-state index is 6.47. The monoisotopic (exact) mass is 342 g/mol. The molecule has 0 spiro atoms. The van der Waals surface area contributed by atoms with Crippen LogP contribution in [-0.2, 0) is 6.42 Å². The van der Waals surface area contributed by atoms with Gasteiger partial charge in [0.05, 0.1) is 5.38 Å². The Kier molecular flexibility index (Phi) is 4.71. The van der Waals surface area contributed by atoms with Crippen LogP contribution in [0.15, 0.2) is 46.9 Å². The predicted octanol–water partition coefficient (Wildman–Crippen LogP) is 5.93. The van der Waals surface area contributed by atoms with E-state index in [-0.39, 0.29) is 5.38 Å². The van der Waals surface area contributed by atoms with E-state index in [0.29, 0.717) is 5.02 Å². The lowest BCUT2D eigenvalue weighted by atomic mass is 10.0. The first-order chi connectivity index (χ1) is 8.56. The van der Waals surface area contributed by atoms with Gasteiger partial charge in [-0.15, -0.1) is 11.6 Å². The van der Waals surface area contributed by atoms with Crippen LogP contribution in [0.2, 0.25) is 5.02 Å². The molecule has 0 aromatic heterocycles. The second-order valence-electron chi connectivity index (χ2n) is 4.33. The maximum atomic E-state index is 6.47. The Labute approximate surface area is 126 Å². The normalized spacial score (nSPS) is 12.4. The van der Waals surface area contributed by atoms with E-state index < -0.39 is 0 Å². The molecule has 0 aliphatic rings. The fraction of sp³-hybridized carbons (Fsp3) is 0.200. The van der Waals surface area contributed by atoms with Crippen molar-refractivity contribution < 1.29 is 0 Å². The Bertz CT molecular complexity index is 552. The zero-order valence-corrected chi connectivity index (χ0v) is 13.1. The van der Waals surface area contributed by atoms with Crippen molar-refractivity contribution in [3.05, 3.63) is 68.7 Å². The molecule has 0 amide bonds. The standard InChI is InChI=1S/C15H13BrCl2/c1-10-3-2-4-11(7-10)8-15(18)13-9-12(16)5-6-14(13)17/h2-7,9,15H,8H2,1H3. The molecule has 0 nitrogen and oxygen atoms in total. The Morgan fingerprint density at radius 2 is 1.94 bits per heavy atom. The van der Waals surface area contributed by atoms with Crippen LogP contribution >= 0.6 is 39.1 Å². The first kappa shape index (κ1) is 13.9. The third-order valence-electron chi connectivity index (χ3n) is 2.79.